The Morgan fingerprint density at radius 2 is 1.87 bits per heavy atom. The van der Waals surface area contributed by atoms with Crippen molar-refractivity contribution in [3.63, 3.8) is 0 Å². The molecule has 3 atom stereocenters. The molecule has 2 aliphatic heterocycles. The Bertz CT molecular complexity index is 556. The molecule has 0 aromatic heterocycles. The molecular weight excluding hydrogens is 294 g/mol. The maximum absolute atomic E-state index is 12.6. The van der Waals surface area contributed by atoms with Gasteiger partial charge in [0.05, 0.1) is 14.2 Å². The normalized spacial score (nSPS) is 27.3. The van der Waals surface area contributed by atoms with Crippen LogP contribution < -0.4 is 20.3 Å². The van der Waals surface area contributed by atoms with Gasteiger partial charge < -0.3 is 14.4 Å². The number of amides is 1. The summed E-state index contributed by atoms with van der Waals surface area (Å²) in [4.78, 5) is 14.6. The van der Waals surface area contributed by atoms with Crippen molar-refractivity contribution >= 4 is 5.91 Å². The Balaban J connectivity index is 1.68. The van der Waals surface area contributed by atoms with E-state index in [2.05, 4.69) is 17.8 Å². The molecule has 2 aliphatic rings. The van der Waals surface area contributed by atoms with Gasteiger partial charge in [0, 0.05) is 31.1 Å². The summed E-state index contributed by atoms with van der Waals surface area (Å²) in [7, 11) is 3.31. The molecule has 2 fully saturated rings. The van der Waals surface area contributed by atoms with E-state index in [1.807, 2.05) is 23.1 Å². The third-order valence-electron chi connectivity index (χ3n) is 4.74. The fraction of sp³-hybridized carbons (Fsp3) is 0.588. The van der Waals surface area contributed by atoms with Gasteiger partial charge in [0.15, 0.2) is 0 Å². The number of rotatable bonds is 4. The van der Waals surface area contributed by atoms with Crippen molar-refractivity contribution in [2.45, 2.75) is 37.8 Å². The summed E-state index contributed by atoms with van der Waals surface area (Å²) in [5.41, 5.74) is 7.38. The standard InChI is InChI=1S/C17H25N3O3/c1-11-6-16(19-18-11)17(21)20-5-4-12(10-20)13-7-14(22-2)9-15(8-13)23-3/h7-9,11-12,16,18-19H,4-6,10H2,1-3H3. The number of carbonyl (C=O) groups is 1. The molecule has 3 unspecified atom stereocenters. The Morgan fingerprint density at radius 1 is 1.17 bits per heavy atom. The van der Waals surface area contributed by atoms with Crippen LogP contribution in [0.15, 0.2) is 18.2 Å². The first-order chi connectivity index (χ1) is 11.1. The third kappa shape index (κ3) is 3.43. The van der Waals surface area contributed by atoms with E-state index in [0.717, 1.165) is 37.4 Å². The molecule has 0 bridgehead atoms. The first-order valence-electron chi connectivity index (χ1n) is 8.13. The van der Waals surface area contributed by atoms with Crippen LogP contribution in [0.4, 0.5) is 0 Å². The Labute approximate surface area is 137 Å². The maximum atomic E-state index is 12.6. The summed E-state index contributed by atoms with van der Waals surface area (Å²) in [6.45, 7) is 3.63. The predicted molar refractivity (Wildman–Crippen MR) is 87.6 cm³/mol. The summed E-state index contributed by atoms with van der Waals surface area (Å²) in [5.74, 6) is 2.10. The number of nitrogens with one attached hydrogen (secondary N) is 2. The summed E-state index contributed by atoms with van der Waals surface area (Å²) in [5, 5.41) is 0. The topological polar surface area (TPSA) is 62.8 Å². The number of benzene rings is 1. The minimum absolute atomic E-state index is 0.108. The second-order valence-corrected chi connectivity index (χ2v) is 6.39. The summed E-state index contributed by atoms with van der Waals surface area (Å²) in [6.07, 6.45) is 1.81. The number of hydrogen-bond donors (Lipinski definition) is 2. The van der Waals surface area contributed by atoms with E-state index in [0.29, 0.717) is 12.0 Å². The van der Waals surface area contributed by atoms with Gasteiger partial charge >= 0.3 is 0 Å². The van der Waals surface area contributed by atoms with Gasteiger partial charge in [0.1, 0.15) is 17.5 Å². The molecule has 1 aromatic carbocycles. The highest BCUT2D eigenvalue weighted by atomic mass is 16.5. The number of ether oxygens (including phenoxy) is 2. The van der Waals surface area contributed by atoms with Crippen LogP contribution in [0.3, 0.4) is 0 Å². The lowest BCUT2D eigenvalue weighted by Crippen LogP contribution is -2.44. The summed E-state index contributed by atoms with van der Waals surface area (Å²) < 4.78 is 10.7. The van der Waals surface area contributed by atoms with Crippen molar-refractivity contribution in [1.82, 2.24) is 15.8 Å². The molecule has 0 spiro atoms. The lowest BCUT2D eigenvalue weighted by Gasteiger charge is -2.20. The molecule has 0 radical (unpaired) electrons. The number of likely N-dealkylation sites (tertiary alicyclic amines) is 1. The minimum atomic E-state index is -0.108. The monoisotopic (exact) mass is 319 g/mol. The Hall–Kier alpha value is -1.79. The molecule has 0 aliphatic carbocycles. The highest BCUT2D eigenvalue weighted by Crippen LogP contribution is 2.33. The van der Waals surface area contributed by atoms with Crippen LogP contribution in [-0.4, -0.2) is 50.2 Å². The molecule has 6 nitrogen and oxygen atoms in total. The van der Waals surface area contributed by atoms with E-state index in [9.17, 15) is 4.79 Å². The van der Waals surface area contributed by atoms with Gasteiger partial charge in [-0.2, -0.15) is 0 Å². The molecule has 126 valence electrons. The lowest BCUT2D eigenvalue weighted by molar-refractivity contribution is -0.132. The van der Waals surface area contributed by atoms with Crippen molar-refractivity contribution in [2.24, 2.45) is 0 Å². The van der Waals surface area contributed by atoms with Crippen molar-refractivity contribution < 1.29 is 14.3 Å². The molecule has 0 saturated carbocycles. The zero-order valence-electron chi connectivity index (χ0n) is 14.0. The van der Waals surface area contributed by atoms with Crippen LogP contribution in [0.2, 0.25) is 0 Å². The second kappa shape index (κ2) is 6.76. The van der Waals surface area contributed by atoms with Gasteiger partial charge in [-0.15, -0.1) is 0 Å². The number of nitrogens with zero attached hydrogens (tertiary/aromatic N) is 1. The average molecular weight is 319 g/mol. The van der Waals surface area contributed by atoms with Gasteiger partial charge in [0.2, 0.25) is 5.91 Å². The largest absolute Gasteiger partial charge is 0.497 e. The van der Waals surface area contributed by atoms with Gasteiger partial charge in [-0.05, 0) is 37.5 Å². The Kier molecular flexibility index (Phi) is 4.73. The molecular formula is C17H25N3O3. The van der Waals surface area contributed by atoms with Crippen LogP contribution in [0.5, 0.6) is 11.5 Å². The van der Waals surface area contributed by atoms with E-state index in [1.165, 1.54) is 5.56 Å². The van der Waals surface area contributed by atoms with Crippen LogP contribution in [0, 0.1) is 0 Å². The van der Waals surface area contributed by atoms with Gasteiger partial charge in [-0.3, -0.25) is 10.2 Å². The average Bonchev–Trinajstić information content (AvgIpc) is 3.22. The van der Waals surface area contributed by atoms with Crippen molar-refractivity contribution in [2.75, 3.05) is 27.3 Å². The molecule has 1 amide bonds. The van der Waals surface area contributed by atoms with Gasteiger partial charge in [-0.25, -0.2) is 5.43 Å². The smallest absolute Gasteiger partial charge is 0.241 e. The van der Waals surface area contributed by atoms with E-state index in [1.54, 1.807) is 14.2 Å². The molecule has 3 rings (SSSR count). The highest BCUT2D eigenvalue weighted by Gasteiger charge is 2.34. The SMILES string of the molecule is COc1cc(OC)cc(C2CCN(C(=O)C3CC(C)NN3)C2)c1. The van der Waals surface area contributed by atoms with E-state index >= 15 is 0 Å². The Morgan fingerprint density at radius 3 is 2.43 bits per heavy atom. The fourth-order valence-corrected chi connectivity index (χ4v) is 3.39. The van der Waals surface area contributed by atoms with E-state index in [-0.39, 0.29) is 11.9 Å². The molecule has 2 heterocycles. The van der Waals surface area contributed by atoms with E-state index in [4.69, 9.17) is 9.47 Å². The number of hydrazine groups is 1. The number of hydrogen-bond acceptors (Lipinski definition) is 5. The zero-order chi connectivity index (χ0) is 16.4. The van der Waals surface area contributed by atoms with Gasteiger partial charge in [0.25, 0.3) is 0 Å². The highest BCUT2D eigenvalue weighted by molar-refractivity contribution is 5.82. The van der Waals surface area contributed by atoms with Crippen LogP contribution in [0.1, 0.15) is 31.2 Å². The third-order valence-corrected chi connectivity index (χ3v) is 4.74. The quantitative estimate of drug-likeness (QED) is 0.875. The molecule has 2 saturated heterocycles. The predicted octanol–water partition coefficient (Wildman–Crippen LogP) is 1.27. The van der Waals surface area contributed by atoms with Crippen molar-refractivity contribution in [3.8, 4) is 11.5 Å². The van der Waals surface area contributed by atoms with Crippen LogP contribution >= 0.6 is 0 Å². The molecule has 2 N–H and O–H groups in total. The number of methoxy groups -OCH3 is 2. The second-order valence-electron chi connectivity index (χ2n) is 6.39. The lowest BCUT2D eigenvalue weighted by atomic mass is 9.98. The molecule has 23 heavy (non-hydrogen) atoms. The molecule has 6 heteroatoms. The summed E-state index contributed by atoms with van der Waals surface area (Å²) >= 11 is 0. The number of carbonyl (C=O) groups excluding carboxylic acids is 1. The first kappa shape index (κ1) is 16.1. The van der Waals surface area contributed by atoms with Crippen molar-refractivity contribution in [1.29, 1.82) is 0 Å². The summed E-state index contributed by atoms with van der Waals surface area (Å²) in [6, 6.07) is 6.18. The van der Waals surface area contributed by atoms with E-state index < -0.39 is 0 Å². The minimum Gasteiger partial charge on any atom is -0.497 e. The first-order valence-corrected chi connectivity index (χ1v) is 8.13. The maximum Gasteiger partial charge on any atom is 0.241 e. The fourth-order valence-electron chi connectivity index (χ4n) is 3.39. The van der Waals surface area contributed by atoms with Crippen LogP contribution in [0.25, 0.3) is 0 Å². The van der Waals surface area contributed by atoms with Gasteiger partial charge in [-0.1, -0.05) is 0 Å². The van der Waals surface area contributed by atoms with Crippen molar-refractivity contribution in [3.05, 3.63) is 23.8 Å². The zero-order valence-corrected chi connectivity index (χ0v) is 14.0. The van der Waals surface area contributed by atoms with Crippen LogP contribution in [-0.2, 0) is 4.79 Å². The molecule has 1 aromatic rings.